The summed E-state index contributed by atoms with van der Waals surface area (Å²) in [6, 6.07) is 5.11. The van der Waals surface area contributed by atoms with Gasteiger partial charge in [-0.2, -0.15) is 0 Å². The van der Waals surface area contributed by atoms with E-state index in [1.54, 1.807) is 19.1 Å². The van der Waals surface area contributed by atoms with Crippen molar-refractivity contribution in [1.82, 2.24) is 0 Å². The Labute approximate surface area is 89.0 Å². The van der Waals surface area contributed by atoms with Gasteiger partial charge in [0, 0.05) is 6.07 Å². The second kappa shape index (κ2) is 4.77. The van der Waals surface area contributed by atoms with E-state index >= 15 is 0 Å². The summed E-state index contributed by atoms with van der Waals surface area (Å²) < 4.78 is 5.19. The number of rotatable bonds is 4. The van der Waals surface area contributed by atoms with Crippen molar-refractivity contribution in [3.63, 3.8) is 0 Å². The van der Waals surface area contributed by atoms with Gasteiger partial charge < -0.3 is 4.74 Å². The highest BCUT2D eigenvalue weighted by Gasteiger charge is 2.16. The van der Waals surface area contributed by atoms with Gasteiger partial charge in [0.2, 0.25) is 0 Å². The average molecular weight is 209 g/mol. The molecule has 0 bridgehead atoms. The summed E-state index contributed by atoms with van der Waals surface area (Å²) in [5, 5.41) is 10.8. The van der Waals surface area contributed by atoms with Gasteiger partial charge in [-0.3, -0.25) is 10.1 Å². The Hall–Kier alpha value is -1.58. The number of nitrogens with zero attached hydrogens (tertiary/aromatic N) is 1. The highest BCUT2D eigenvalue weighted by atomic mass is 16.6. The SMILES string of the molecule is CCOc1ccc(C(C)C)cc1[N+](=O)[O-]. The summed E-state index contributed by atoms with van der Waals surface area (Å²) in [5.41, 5.74) is 0.994. The third kappa shape index (κ3) is 2.68. The number of hydrogen-bond donors (Lipinski definition) is 0. The maximum absolute atomic E-state index is 10.8. The lowest BCUT2D eigenvalue weighted by Crippen LogP contribution is -1.99. The van der Waals surface area contributed by atoms with E-state index in [1.807, 2.05) is 19.9 Å². The van der Waals surface area contributed by atoms with Gasteiger partial charge in [0.1, 0.15) is 0 Å². The van der Waals surface area contributed by atoms with E-state index < -0.39 is 4.92 Å². The van der Waals surface area contributed by atoms with Crippen LogP contribution < -0.4 is 4.74 Å². The molecule has 0 spiro atoms. The van der Waals surface area contributed by atoms with Gasteiger partial charge in [-0.25, -0.2) is 0 Å². The van der Waals surface area contributed by atoms with Crippen LogP contribution >= 0.6 is 0 Å². The topological polar surface area (TPSA) is 52.4 Å². The molecule has 1 aromatic carbocycles. The van der Waals surface area contributed by atoms with Gasteiger partial charge in [0.15, 0.2) is 5.75 Å². The highest BCUT2D eigenvalue weighted by Crippen LogP contribution is 2.30. The van der Waals surface area contributed by atoms with Crippen LogP contribution in [0.25, 0.3) is 0 Å². The Kier molecular flexibility index (Phi) is 3.66. The Balaban J connectivity index is 3.14. The number of benzene rings is 1. The van der Waals surface area contributed by atoms with Gasteiger partial charge in [-0.15, -0.1) is 0 Å². The monoisotopic (exact) mass is 209 g/mol. The number of nitro benzene ring substituents is 1. The molecule has 0 N–H and O–H groups in total. The molecule has 0 aliphatic heterocycles. The summed E-state index contributed by atoms with van der Waals surface area (Å²) in [5.74, 6) is 0.617. The molecule has 15 heavy (non-hydrogen) atoms. The van der Waals surface area contributed by atoms with Crippen LogP contribution in [-0.4, -0.2) is 11.5 Å². The van der Waals surface area contributed by atoms with Crippen molar-refractivity contribution in [2.24, 2.45) is 0 Å². The number of nitro groups is 1. The molecule has 0 aromatic heterocycles. The molecular formula is C11H15NO3. The molecule has 0 amide bonds. The van der Waals surface area contributed by atoms with Crippen LogP contribution in [0.5, 0.6) is 5.75 Å². The molecule has 0 unspecified atom stereocenters. The fourth-order valence-electron chi connectivity index (χ4n) is 1.31. The van der Waals surface area contributed by atoms with Gasteiger partial charge in [-0.05, 0) is 24.5 Å². The predicted molar refractivity (Wildman–Crippen MR) is 58.4 cm³/mol. The smallest absolute Gasteiger partial charge is 0.311 e. The Morgan fingerprint density at radius 1 is 1.47 bits per heavy atom. The maximum atomic E-state index is 10.8. The molecule has 0 saturated carbocycles. The third-order valence-corrected chi connectivity index (χ3v) is 2.15. The van der Waals surface area contributed by atoms with Crippen LogP contribution in [0.15, 0.2) is 18.2 Å². The minimum Gasteiger partial charge on any atom is -0.487 e. The first-order chi connectivity index (χ1) is 7.06. The zero-order chi connectivity index (χ0) is 11.4. The summed E-state index contributed by atoms with van der Waals surface area (Å²) in [6.45, 7) is 6.24. The Bertz CT molecular complexity index is 361. The summed E-state index contributed by atoms with van der Waals surface area (Å²) in [6.07, 6.45) is 0. The molecule has 0 saturated heterocycles. The Morgan fingerprint density at radius 2 is 2.13 bits per heavy atom. The Morgan fingerprint density at radius 3 is 2.60 bits per heavy atom. The summed E-state index contributed by atoms with van der Waals surface area (Å²) in [7, 11) is 0. The molecule has 82 valence electrons. The van der Waals surface area contributed by atoms with Gasteiger partial charge in [0.05, 0.1) is 11.5 Å². The first kappa shape index (κ1) is 11.5. The number of ether oxygens (including phenoxy) is 1. The van der Waals surface area contributed by atoms with Crippen LogP contribution in [0, 0.1) is 10.1 Å². The first-order valence-electron chi connectivity index (χ1n) is 4.97. The third-order valence-electron chi connectivity index (χ3n) is 2.15. The van der Waals surface area contributed by atoms with E-state index in [-0.39, 0.29) is 11.6 Å². The van der Waals surface area contributed by atoms with E-state index in [9.17, 15) is 10.1 Å². The van der Waals surface area contributed by atoms with Crippen LogP contribution in [0.1, 0.15) is 32.3 Å². The van der Waals surface area contributed by atoms with Crippen molar-refractivity contribution in [1.29, 1.82) is 0 Å². The van der Waals surface area contributed by atoms with Crippen molar-refractivity contribution in [2.75, 3.05) is 6.61 Å². The maximum Gasteiger partial charge on any atom is 0.311 e. The lowest BCUT2D eigenvalue weighted by Gasteiger charge is -2.08. The average Bonchev–Trinajstić information content (AvgIpc) is 2.18. The molecule has 0 fully saturated rings. The first-order valence-corrected chi connectivity index (χ1v) is 4.97. The zero-order valence-corrected chi connectivity index (χ0v) is 9.19. The molecule has 0 radical (unpaired) electrons. The molecular weight excluding hydrogens is 194 g/mol. The molecule has 1 rings (SSSR count). The molecule has 0 heterocycles. The van der Waals surface area contributed by atoms with Gasteiger partial charge in [0.25, 0.3) is 0 Å². The van der Waals surface area contributed by atoms with Crippen LogP contribution in [0.4, 0.5) is 5.69 Å². The fraction of sp³-hybridized carbons (Fsp3) is 0.455. The van der Waals surface area contributed by atoms with E-state index in [0.717, 1.165) is 5.56 Å². The summed E-state index contributed by atoms with van der Waals surface area (Å²) in [4.78, 5) is 10.4. The summed E-state index contributed by atoms with van der Waals surface area (Å²) >= 11 is 0. The molecule has 0 aliphatic rings. The van der Waals surface area contributed by atoms with E-state index in [4.69, 9.17) is 4.74 Å². The van der Waals surface area contributed by atoms with Crippen molar-refractivity contribution in [3.05, 3.63) is 33.9 Å². The number of hydrogen-bond acceptors (Lipinski definition) is 3. The van der Waals surface area contributed by atoms with Crippen molar-refractivity contribution in [2.45, 2.75) is 26.7 Å². The van der Waals surface area contributed by atoms with Crippen LogP contribution in [-0.2, 0) is 0 Å². The zero-order valence-electron chi connectivity index (χ0n) is 9.19. The second-order valence-corrected chi connectivity index (χ2v) is 3.57. The minimum atomic E-state index is -0.406. The molecule has 1 aromatic rings. The molecule has 0 aliphatic carbocycles. The largest absolute Gasteiger partial charge is 0.487 e. The van der Waals surface area contributed by atoms with Crippen LogP contribution in [0.3, 0.4) is 0 Å². The normalized spacial score (nSPS) is 10.4. The fourth-order valence-corrected chi connectivity index (χ4v) is 1.31. The van der Waals surface area contributed by atoms with Crippen LogP contribution in [0.2, 0.25) is 0 Å². The van der Waals surface area contributed by atoms with Gasteiger partial charge in [-0.1, -0.05) is 19.9 Å². The molecule has 4 nitrogen and oxygen atoms in total. The minimum absolute atomic E-state index is 0.0445. The van der Waals surface area contributed by atoms with E-state index in [1.165, 1.54) is 0 Å². The second-order valence-electron chi connectivity index (χ2n) is 3.57. The van der Waals surface area contributed by atoms with Crippen molar-refractivity contribution >= 4 is 5.69 Å². The lowest BCUT2D eigenvalue weighted by atomic mass is 10.0. The van der Waals surface area contributed by atoms with Gasteiger partial charge >= 0.3 is 5.69 Å². The standard InChI is InChI=1S/C11H15NO3/c1-4-15-11-6-5-9(8(2)3)7-10(11)12(13)14/h5-8H,4H2,1-3H3. The predicted octanol–water partition coefficient (Wildman–Crippen LogP) is 3.12. The quantitative estimate of drug-likeness (QED) is 0.565. The van der Waals surface area contributed by atoms with Crippen molar-refractivity contribution in [3.8, 4) is 5.75 Å². The van der Waals surface area contributed by atoms with E-state index in [0.29, 0.717) is 12.4 Å². The van der Waals surface area contributed by atoms with E-state index in [2.05, 4.69) is 0 Å². The van der Waals surface area contributed by atoms with Crippen molar-refractivity contribution < 1.29 is 9.66 Å². The lowest BCUT2D eigenvalue weighted by molar-refractivity contribution is -0.385. The highest BCUT2D eigenvalue weighted by molar-refractivity contribution is 5.49. The molecule has 0 atom stereocenters. The molecule has 4 heteroatoms.